The molecule has 2 heteroatoms. The standard InChI is InChI=1S/C12H16FN/c1-2-9-5-3-4-6-11(9)14-12-8-7-10(12)13/h3-6,10,12,14H,2,7-8H2,1H3. The van der Waals surface area contributed by atoms with E-state index in [2.05, 4.69) is 18.3 Å². The molecular formula is C12H16FN. The lowest BCUT2D eigenvalue weighted by Gasteiger charge is -2.32. The Bertz CT molecular complexity index is 311. The smallest absolute Gasteiger partial charge is 0.120 e. The molecule has 1 aliphatic rings. The predicted molar refractivity (Wildman–Crippen MR) is 57.4 cm³/mol. The molecule has 0 bridgehead atoms. The fourth-order valence-corrected chi connectivity index (χ4v) is 1.79. The van der Waals surface area contributed by atoms with Crippen molar-refractivity contribution in [2.45, 2.75) is 38.4 Å². The zero-order valence-corrected chi connectivity index (χ0v) is 8.46. The van der Waals surface area contributed by atoms with Gasteiger partial charge in [-0.15, -0.1) is 0 Å². The van der Waals surface area contributed by atoms with Crippen LogP contribution in [0.25, 0.3) is 0 Å². The molecule has 1 saturated carbocycles. The summed E-state index contributed by atoms with van der Waals surface area (Å²) >= 11 is 0. The Morgan fingerprint density at radius 2 is 2.14 bits per heavy atom. The summed E-state index contributed by atoms with van der Waals surface area (Å²) in [4.78, 5) is 0. The zero-order valence-electron chi connectivity index (χ0n) is 8.46. The molecule has 2 rings (SSSR count). The average Bonchev–Trinajstić information content (AvgIpc) is 2.24. The van der Waals surface area contributed by atoms with E-state index in [1.165, 1.54) is 5.56 Å². The van der Waals surface area contributed by atoms with Crippen LogP contribution >= 0.6 is 0 Å². The normalized spacial score (nSPS) is 25.6. The van der Waals surface area contributed by atoms with Gasteiger partial charge in [0.25, 0.3) is 0 Å². The first-order valence-electron chi connectivity index (χ1n) is 5.29. The van der Waals surface area contributed by atoms with Crippen LogP contribution in [0.2, 0.25) is 0 Å². The molecule has 0 radical (unpaired) electrons. The largest absolute Gasteiger partial charge is 0.379 e. The summed E-state index contributed by atoms with van der Waals surface area (Å²) in [6, 6.07) is 8.19. The third kappa shape index (κ3) is 1.74. The maximum absolute atomic E-state index is 13.0. The fraction of sp³-hybridized carbons (Fsp3) is 0.500. The van der Waals surface area contributed by atoms with Crippen molar-refractivity contribution >= 4 is 5.69 Å². The molecule has 0 amide bonds. The van der Waals surface area contributed by atoms with Gasteiger partial charge in [-0.1, -0.05) is 25.1 Å². The highest BCUT2D eigenvalue weighted by Crippen LogP contribution is 2.28. The molecule has 1 N–H and O–H groups in total. The highest BCUT2D eigenvalue weighted by atomic mass is 19.1. The van der Waals surface area contributed by atoms with E-state index in [4.69, 9.17) is 0 Å². The van der Waals surface area contributed by atoms with Crippen LogP contribution in [-0.2, 0) is 6.42 Å². The van der Waals surface area contributed by atoms with Gasteiger partial charge in [0.2, 0.25) is 0 Å². The number of anilines is 1. The molecule has 0 saturated heterocycles. The Balaban J connectivity index is 2.07. The van der Waals surface area contributed by atoms with Crippen LogP contribution in [0.3, 0.4) is 0 Å². The number of hydrogen-bond acceptors (Lipinski definition) is 1. The van der Waals surface area contributed by atoms with Gasteiger partial charge >= 0.3 is 0 Å². The molecule has 2 unspecified atom stereocenters. The third-order valence-corrected chi connectivity index (χ3v) is 2.93. The molecule has 0 spiro atoms. The Labute approximate surface area is 84.3 Å². The van der Waals surface area contributed by atoms with Crippen LogP contribution in [0.1, 0.15) is 25.3 Å². The molecule has 14 heavy (non-hydrogen) atoms. The summed E-state index contributed by atoms with van der Waals surface area (Å²) in [5.41, 5.74) is 2.37. The van der Waals surface area contributed by atoms with E-state index in [0.29, 0.717) is 6.42 Å². The zero-order chi connectivity index (χ0) is 9.97. The van der Waals surface area contributed by atoms with Crippen molar-refractivity contribution < 1.29 is 4.39 Å². The van der Waals surface area contributed by atoms with Crippen LogP contribution < -0.4 is 5.32 Å². The lowest BCUT2D eigenvalue weighted by Crippen LogP contribution is -2.40. The third-order valence-electron chi connectivity index (χ3n) is 2.93. The maximum Gasteiger partial charge on any atom is 0.120 e. The lowest BCUT2D eigenvalue weighted by atomic mass is 9.90. The highest BCUT2D eigenvalue weighted by Gasteiger charge is 2.30. The summed E-state index contributed by atoms with van der Waals surface area (Å²) in [7, 11) is 0. The molecule has 1 aliphatic carbocycles. The number of hydrogen-bond donors (Lipinski definition) is 1. The Morgan fingerprint density at radius 1 is 1.36 bits per heavy atom. The van der Waals surface area contributed by atoms with Gasteiger partial charge in [-0.3, -0.25) is 0 Å². The maximum atomic E-state index is 13.0. The lowest BCUT2D eigenvalue weighted by molar-refractivity contribution is 0.186. The molecule has 0 aromatic heterocycles. The summed E-state index contributed by atoms with van der Waals surface area (Å²) in [5.74, 6) is 0. The van der Waals surface area contributed by atoms with Crippen LogP contribution in [-0.4, -0.2) is 12.2 Å². The van der Waals surface area contributed by atoms with E-state index in [9.17, 15) is 4.39 Å². The first kappa shape index (κ1) is 9.50. The van der Waals surface area contributed by atoms with Crippen molar-refractivity contribution in [3.63, 3.8) is 0 Å². The fourth-order valence-electron chi connectivity index (χ4n) is 1.79. The first-order valence-corrected chi connectivity index (χ1v) is 5.29. The van der Waals surface area contributed by atoms with Gasteiger partial charge in [-0.05, 0) is 30.9 Å². The van der Waals surface area contributed by atoms with Gasteiger partial charge < -0.3 is 5.32 Å². The second-order valence-electron chi connectivity index (χ2n) is 3.85. The Hall–Kier alpha value is -1.05. The highest BCUT2D eigenvalue weighted by molar-refractivity contribution is 5.52. The first-order chi connectivity index (χ1) is 6.81. The molecule has 1 nitrogen and oxygen atoms in total. The van der Waals surface area contributed by atoms with Gasteiger partial charge in [-0.25, -0.2) is 4.39 Å². The van der Waals surface area contributed by atoms with Gasteiger partial charge in [0.05, 0.1) is 6.04 Å². The number of alkyl halides is 1. The molecule has 1 aromatic rings. The summed E-state index contributed by atoms with van der Waals surface area (Å²) < 4.78 is 13.0. The van der Waals surface area contributed by atoms with Crippen molar-refractivity contribution in [3.05, 3.63) is 29.8 Å². The number of nitrogens with one attached hydrogen (secondary N) is 1. The van der Waals surface area contributed by atoms with Crippen molar-refractivity contribution in [2.24, 2.45) is 0 Å². The van der Waals surface area contributed by atoms with E-state index in [1.807, 2.05) is 18.2 Å². The quantitative estimate of drug-likeness (QED) is 0.777. The van der Waals surface area contributed by atoms with Gasteiger partial charge in [0.15, 0.2) is 0 Å². The summed E-state index contributed by atoms with van der Waals surface area (Å²) in [5, 5.41) is 3.27. The van der Waals surface area contributed by atoms with E-state index < -0.39 is 6.17 Å². The minimum absolute atomic E-state index is 0.0442. The molecule has 0 heterocycles. The van der Waals surface area contributed by atoms with Crippen LogP contribution in [0.4, 0.5) is 10.1 Å². The van der Waals surface area contributed by atoms with Crippen molar-refractivity contribution in [1.82, 2.24) is 0 Å². The second kappa shape index (κ2) is 3.99. The predicted octanol–water partition coefficient (Wildman–Crippen LogP) is 3.16. The molecule has 1 aromatic carbocycles. The van der Waals surface area contributed by atoms with Crippen molar-refractivity contribution in [1.29, 1.82) is 0 Å². The average molecular weight is 193 g/mol. The topological polar surface area (TPSA) is 12.0 Å². The van der Waals surface area contributed by atoms with Crippen molar-refractivity contribution in [2.75, 3.05) is 5.32 Å². The Kier molecular flexibility index (Phi) is 2.71. The van der Waals surface area contributed by atoms with E-state index in [0.717, 1.165) is 18.5 Å². The van der Waals surface area contributed by atoms with Crippen molar-refractivity contribution in [3.8, 4) is 0 Å². The van der Waals surface area contributed by atoms with Gasteiger partial charge in [0, 0.05) is 5.69 Å². The molecule has 0 aliphatic heterocycles. The summed E-state index contributed by atoms with van der Waals surface area (Å²) in [6.07, 6.45) is 2.01. The van der Waals surface area contributed by atoms with Crippen LogP contribution in [0.5, 0.6) is 0 Å². The number of para-hydroxylation sites is 1. The van der Waals surface area contributed by atoms with Crippen LogP contribution in [0.15, 0.2) is 24.3 Å². The second-order valence-corrected chi connectivity index (χ2v) is 3.85. The molecule has 2 atom stereocenters. The van der Waals surface area contributed by atoms with E-state index >= 15 is 0 Å². The SMILES string of the molecule is CCc1ccccc1NC1CCC1F. The van der Waals surface area contributed by atoms with Crippen LogP contribution in [0, 0.1) is 0 Å². The molecular weight excluding hydrogens is 177 g/mol. The molecule has 1 fully saturated rings. The monoisotopic (exact) mass is 193 g/mol. The minimum Gasteiger partial charge on any atom is -0.379 e. The molecule has 76 valence electrons. The van der Waals surface area contributed by atoms with Gasteiger partial charge in [-0.2, -0.15) is 0 Å². The summed E-state index contributed by atoms with van der Waals surface area (Å²) in [6.45, 7) is 2.12. The number of rotatable bonds is 3. The number of benzene rings is 1. The number of halogens is 1. The Morgan fingerprint density at radius 3 is 2.71 bits per heavy atom. The minimum atomic E-state index is -0.653. The number of aryl methyl sites for hydroxylation is 1. The van der Waals surface area contributed by atoms with Gasteiger partial charge in [0.1, 0.15) is 6.17 Å². The van der Waals surface area contributed by atoms with E-state index in [-0.39, 0.29) is 6.04 Å². The van der Waals surface area contributed by atoms with E-state index in [1.54, 1.807) is 0 Å².